The van der Waals surface area contributed by atoms with Gasteiger partial charge in [-0.1, -0.05) is 52.8 Å². The van der Waals surface area contributed by atoms with Gasteiger partial charge < -0.3 is 9.47 Å². The Morgan fingerprint density at radius 1 is 1.03 bits per heavy atom. The van der Waals surface area contributed by atoms with Crippen LogP contribution in [0.4, 0.5) is 0 Å². The van der Waals surface area contributed by atoms with E-state index in [2.05, 4.69) is 14.2 Å². The van der Waals surface area contributed by atoms with E-state index in [9.17, 15) is 18.0 Å². The Morgan fingerprint density at radius 2 is 1.70 bits per heavy atom. The Bertz CT molecular complexity index is 1030. The summed E-state index contributed by atoms with van der Waals surface area (Å²) in [6, 6.07) is 12.9. The first-order valence-corrected chi connectivity index (χ1v) is 11.2. The first kappa shape index (κ1) is 23.4. The molecule has 0 amide bonds. The number of methoxy groups -OCH3 is 1. The van der Waals surface area contributed by atoms with Crippen molar-refractivity contribution in [2.45, 2.75) is 18.7 Å². The molecule has 0 saturated heterocycles. The van der Waals surface area contributed by atoms with Crippen LogP contribution in [0, 0.1) is 13.8 Å². The van der Waals surface area contributed by atoms with Crippen molar-refractivity contribution in [3.8, 4) is 0 Å². The van der Waals surface area contributed by atoms with E-state index in [1.165, 1.54) is 12.1 Å². The van der Waals surface area contributed by atoms with Gasteiger partial charge in [-0.25, -0.2) is 9.59 Å². The Morgan fingerprint density at radius 3 is 2.33 bits per heavy atom. The molecule has 0 aliphatic rings. The zero-order valence-corrected chi connectivity index (χ0v) is 18.3. The van der Waals surface area contributed by atoms with E-state index in [4.69, 9.17) is 4.74 Å². The molecule has 0 fully saturated rings. The number of aryl methyl sites for hydroxylation is 2. The summed E-state index contributed by atoms with van der Waals surface area (Å²) in [5.74, 6) is -1.23. The number of oxime groups is 1. The molecule has 0 saturated carbocycles. The van der Waals surface area contributed by atoms with Gasteiger partial charge >= 0.3 is 22.1 Å². The van der Waals surface area contributed by atoms with Gasteiger partial charge in [0.25, 0.3) is 0 Å². The lowest BCUT2D eigenvalue weighted by Crippen LogP contribution is -2.16. The summed E-state index contributed by atoms with van der Waals surface area (Å²) in [5.41, 5.74) is 2.10. The molecule has 2 aromatic rings. The fourth-order valence-corrected chi connectivity index (χ4v) is 3.62. The molecule has 0 aromatic heterocycles. The normalized spacial score (nSPS) is 11.6. The van der Waals surface area contributed by atoms with Gasteiger partial charge in [-0.05, 0) is 37.6 Å². The fourth-order valence-electron chi connectivity index (χ4n) is 2.19. The number of hydrogen-bond donors (Lipinski definition) is 0. The SMILES string of the molecule is COC(=O)/C(=N/OS(=O)(=O)c1ccc(C)cc1)SCCOC(=O)c1ccccc1C. The highest BCUT2D eigenvalue weighted by molar-refractivity contribution is 8.15. The summed E-state index contributed by atoms with van der Waals surface area (Å²) in [7, 11) is -3.06. The molecule has 0 unspecified atom stereocenters. The number of benzene rings is 2. The summed E-state index contributed by atoms with van der Waals surface area (Å²) in [6.07, 6.45) is 0. The van der Waals surface area contributed by atoms with Crippen molar-refractivity contribution in [2.24, 2.45) is 5.16 Å². The molecule has 0 heterocycles. The number of thioether (sulfide) groups is 1. The highest BCUT2D eigenvalue weighted by Gasteiger charge is 2.20. The van der Waals surface area contributed by atoms with Gasteiger partial charge in [0, 0.05) is 5.75 Å². The van der Waals surface area contributed by atoms with Crippen LogP contribution in [-0.2, 0) is 28.7 Å². The van der Waals surface area contributed by atoms with Gasteiger partial charge in [-0.15, -0.1) is 0 Å². The molecule has 160 valence electrons. The van der Waals surface area contributed by atoms with Crippen molar-refractivity contribution in [1.29, 1.82) is 0 Å². The van der Waals surface area contributed by atoms with Crippen LogP contribution in [0.1, 0.15) is 21.5 Å². The average Bonchev–Trinajstić information content (AvgIpc) is 2.73. The van der Waals surface area contributed by atoms with Crippen LogP contribution < -0.4 is 0 Å². The van der Waals surface area contributed by atoms with Crippen molar-refractivity contribution < 1.29 is 31.8 Å². The standard InChI is InChI=1S/C20H21NO7S2/c1-14-8-10-16(11-9-14)30(24,25)28-21-18(20(23)26-3)29-13-12-27-19(22)17-7-5-4-6-15(17)2/h4-11H,12-13H2,1-3H3/b21-18-. The predicted octanol–water partition coefficient (Wildman–Crippen LogP) is 3.09. The molecule has 0 bridgehead atoms. The molecule has 0 radical (unpaired) electrons. The summed E-state index contributed by atoms with van der Waals surface area (Å²) >= 11 is 0.843. The van der Waals surface area contributed by atoms with E-state index in [1.54, 1.807) is 37.3 Å². The fraction of sp³-hybridized carbons (Fsp3) is 0.250. The third-order valence-electron chi connectivity index (χ3n) is 3.81. The van der Waals surface area contributed by atoms with E-state index in [0.717, 1.165) is 30.0 Å². The smallest absolute Gasteiger partial charge is 0.366 e. The molecule has 2 aromatic carbocycles. The van der Waals surface area contributed by atoms with Crippen LogP contribution in [0.2, 0.25) is 0 Å². The van der Waals surface area contributed by atoms with E-state index in [1.807, 2.05) is 13.0 Å². The number of carbonyl (C=O) groups is 2. The third kappa shape index (κ3) is 6.60. The Kier molecular flexibility index (Phi) is 8.43. The third-order valence-corrected chi connectivity index (χ3v) is 5.81. The van der Waals surface area contributed by atoms with Crippen molar-refractivity contribution in [1.82, 2.24) is 0 Å². The molecule has 0 aliphatic heterocycles. The molecule has 10 heteroatoms. The van der Waals surface area contributed by atoms with Gasteiger partial charge in [0.15, 0.2) is 0 Å². The van der Waals surface area contributed by atoms with Crippen LogP contribution >= 0.6 is 11.8 Å². The highest BCUT2D eigenvalue weighted by Crippen LogP contribution is 2.16. The van der Waals surface area contributed by atoms with Crippen LogP contribution in [0.25, 0.3) is 0 Å². The number of carbonyl (C=O) groups excluding carboxylic acids is 2. The van der Waals surface area contributed by atoms with Crippen LogP contribution in [0.15, 0.2) is 58.6 Å². The van der Waals surface area contributed by atoms with Gasteiger partial charge in [-0.2, -0.15) is 8.42 Å². The lowest BCUT2D eigenvalue weighted by Gasteiger charge is -2.08. The summed E-state index contributed by atoms with van der Waals surface area (Å²) in [4.78, 5) is 23.8. The minimum atomic E-state index is -4.19. The lowest BCUT2D eigenvalue weighted by molar-refractivity contribution is -0.132. The van der Waals surface area contributed by atoms with Crippen LogP contribution in [-0.4, -0.2) is 44.9 Å². The van der Waals surface area contributed by atoms with Crippen LogP contribution in [0.5, 0.6) is 0 Å². The minimum Gasteiger partial charge on any atom is -0.464 e. The lowest BCUT2D eigenvalue weighted by atomic mass is 10.1. The summed E-state index contributed by atoms with van der Waals surface area (Å²) in [5, 5.41) is 3.11. The number of rotatable bonds is 7. The van der Waals surface area contributed by atoms with E-state index < -0.39 is 22.1 Å². The first-order chi connectivity index (χ1) is 14.2. The largest absolute Gasteiger partial charge is 0.464 e. The number of esters is 2. The maximum atomic E-state index is 12.2. The van der Waals surface area contributed by atoms with Gasteiger partial charge in [0.2, 0.25) is 5.04 Å². The Balaban J connectivity index is 1.97. The minimum absolute atomic E-state index is 0.0292. The molecule has 0 spiro atoms. The molecule has 8 nitrogen and oxygen atoms in total. The molecule has 0 aliphatic carbocycles. The average molecular weight is 452 g/mol. The monoisotopic (exact) mass is 451 g/mol. The van der Waals surface area contributed by atoms with E-state index in [-0.39, 0.29) is 22.3 Å². The first-order valence-electron chi connectivity index (χ1n) is 8.77. The van der Waals surface area contributed by atoms with Crippen LogP contribution in [0.3, 0.4) is 0 Å². The van der Waals surface area contributed by atoms with Gasteiger partial charge in [0.05, 0.1) is 12.7 Å². The second-order valence-corrected chi connectivity index (χ2v) is 8.64. The Labute approximate surface area is 179 Å². The van der Waals surface area contributed by atoms with Gasteiger partial charge in [0.1, 0.15) is 11.5 Å². The number of ether oxygens (including phenoxy) is 2. The van der Waals surface area contributed by atoms with E-state index in [0.29, 0.717) is 5.56 Å². The van der Waals surface area contributed by atoms with Crippen molar-refractivity contribution >= 4 is 38.9 Å². The molecular formula is C20H21NO7S2. The van der Waals surface area contributed by atoms with Gasteiger partial charge in [-0.3, -0.25) is 4.28 Å². The van der Waals surface area contributed by atoms with E-state index >= 15 is 0 Å². The zero-order chi connectivity index (χ0) is 22.1. The quantitative estimate of drug-likeness (QED) is 0.208. The second kappa shape index (κ2) is 10.8. The molecule has 0 N–H and O–H groups in total. The highest BCUT2D eigenvalue weighted by atomic mass is 32.2. The second-order valence-electron chi connectivity index (χ2n) is 6.03. The molecular weight excluding hydrogens is 430 g/mol. The predicted molar refractivity (Wildman–Crippen MR) is 113 cm³/mol. The molecule has 30 heavy (non-hydrogen) atoms. The molecule has 0 atom stereocenters. The molecule has 2 rings (SSSR count). The maximum absolute atomic E-state index is 12.2. The summed E-state index contributed by atoms with van der Waals surface area (Å²) < 4.78 is 38.8. The summed E-state index contributed by atoms with van der Waals surface area (Å²) in [6.45, 7) is 3.57. The maximum Gasteiger partial charge on any atom is 0.366 e. The number of hydrogen-bond acceptors (Lipinski definition) is 9. The topological polar surface area (TPSA) is 108 Å². The van der Waals surface area contributed by atoms with Crippen molar-refractivity contribution in [3.63, 3.8) is 0 Å². The number of nitrogens with zero attached hydrogens (tertiary/aromatic N) is 1. The Hall–Kier alpha value is -2.85. The van der Waals surface area contributed by atoms with Crippen molar-refractivity contribution in [2.75, 3.05) is 19.5 Å². The van der Waals surface area contributed by atoms with Crippen molar-refractivity contribution in [3.05, 3.63) is 65.2 Å². The zero-order valence-electron chi connectivity index (χ0n) is 16.7.